The van der Waals surface area contributed by atoms with Crippen LogP contribution in [0.1, 0.15) is 31.3 Å². The van der Waals surface area contributed by atoms with Gasteiger partial charge in [-0.3, -0.25) is 4.79 Å². The number of aryl methyl sites for hydroxylation is 1. The van der Waals surface area contributed by atoms with Crippen molar-refractivity contribution in [1.29, 1.82) is 0 Å². The van der Waals surface area contributed by atoms with E-state index in [1.54, 1.807) is 17.0 Å². The molecule has 0 bridgehead atoms. The van der Waals surface area contributed by atoms with Crippen LogP contribution in [-0.4, -0.2) is 14.7 Å². The summed E-state index contributed by atoms with van der Waals surface area (Å²) in [5, 5.41) is 6.74. The molecule has 0 aromatic carbocycles. The van der Waals surface area contributed by atoms with Crippen molar-refractivity contribution in [3.63, 3.8) is 0 Å². The summed E-state index contributed by atoms with van der Waals surface area (Å²) in [4.78, 5) is 16.1. The van der Waals surface area contributed by atoms with Crippen molar-refractivity contribution in [3.05, 3.63) is 40.3 Å². The maximum Gasteiger partial charge on any atom is 0.293 e. The van der Waals surface area contributed by atoms with E-state index >= 15 is 0 Å². The van der Waals surface area contributed by atoms with Crippen molar-refractivity contribution < 1.29 is 4.52 Å². The third-order valence-corrected chi connectivity index (χ3v) is 2.53. The van der Waals surface area contributed by atoms with E-state index in [4.69, 9.17) is 4.52 Å². The summed E-state index contributed by atoms with van der Waals surface area (Å²) in [6.45, 7) is 6.14. The zero-order chi connectivity index (χ0) is 13.1. The smallest absolute Gasteiger partial charge is 0.293 e. The van der Waals surface area contributed by atoms with E-state index in [1.807, 2.05) is 26.8 Å². The lowest BCUT2D eigenvalue weighted by Crippen LogP contribution is -2.25. The number of hydrogen-bond donors (Lipinski definition) is 1. The van der Waals surface area contributed by atoms with Crippen molar-refractivity contribution in [2.45, 2.75) is 33.4 Å². The summed E-state index contributed by atoms with van der Waals surface area (Å²) in [6.07, 6.45) is 3.28. The van der Waals surface area contributed by atoms with Crippen LogP contribution in [0.3, 0.4) is 0 Å². The third-order valence-electron chi connectivity index (χ3n) is 2.53. The zero-order valence-electron chi connectivity index (χ0n) is 10.7. The number of nitrogens with zero attached hydrogens (tertiary/aromatic N) is 3. The molecule has 0 aliphatic heterocycles. The highest BCUT2D eigenvalue weighted by Crippen LogP contribution is 2.05. The fourth-order valence-corrected chi connectivity index (χ4v) is 1.62. The quantitative estimate of drug-likeness (QED) is 0.892. The molecule has 6 nitrogen and oxygen atoms in total. The molecule has 1 N–H and O–H groups in total. The molecule has 0 aliphatic carbocycles. The first kappa shape index (κ1) is 12.3. The van der Waals surface area contributed by atoms with E-state index in [0.717, 1.165) is 5.69 Å². The molecule has 0 unspecified atom stereocenters. The first-order valence-corrected chi connectivity index (χ1v) is 5.81. The molecule has 0 atom stereocenters. The van der Waals surface area contributed by atoms with E-state index in [9.17, 15) is 4.79 Å². The van der Waals surface area contributed by atoms with Gasteiger partial charge in [-0.25, -0.2) is 4.98 Å². The highest BCUT2D eigenvalue weighted by atomic mass is 16.5. The molecule has 0 aliphatic rings. The van der Waals surface area contributed by atoms with Crippen molar-refractivity contribution in [1.82, 2.24) is 14.7 Å². The number of rotatable bonds is 4. The van der Waals surface area contributed by atoms with Gasteiger partial charge in [-0.1, -0.05) is 5.16 Å². The Bertz CT molecular complexity index is 586. The second kappa shape index (κ2) is 5.03. The van der Waals surface area contributed by atoms with Gasteiger partial charge in [-0.15, -0.1) is 0 Å². The number of aromatic nitrogens is 3. The third kappa shape index (κ3) is 2.58. The van der Waals surface area contributed by atoms with Gasteiger partial charge in [0.2, 0.25) is 0 Å². The van der Waals surface area contributed by atoms with E-state index < -0.39 is 0 Å². The van der Waals surface area contributed by atoms with Crippen LogP contribution in [0.5, 0.6) is 0 Å². The molecule has 0 amide bonds. The Labute approximate surface area is 105 Å². The molecule has 0 saturated heterocycles. The van der Waals surface area contributed by atoms with Crippen LogP contribution in [-0.2, 0) is 6.54 Å². The van der Waals surface area contributed by atoms with E-state index in [2.05, 4.69) is 15.5 Å². The second-order valence-electron chi connectivity index (χ2n) is 4.37. The van der Waals surface area contributed by atoms with Gasteiger partial charge in [0, 0.05) is 24.5 Å². The summed E-state index contributed by atoms with van der Waals surface area (Å²) in [5.74, 6) is 0.994. The van der Waals surface area contributed by atoms with Gasteiger partial charge < -0.3 is 14.4 Å². The molecular weight excluding hydrogens is 232 g/mol. The van der Waals surface area contributed by atoms with Gasteiger partial charge >= 0.3 is 0 Å². The molecule has 0 saturated carbocycles. The topological polar surface area (TPSA) is 73.0 Å². The highest BCUT2D eigenvalue weighted by molar-refractivity contribution is 5.31. The Hall–Kier alpha value is -2.11. The van der Waals surface area contributed by atoms with Crippen molar-refractivity contribution in [2.75, 3.05) is 5.32 Å². The van der Waals surface area contributed by atoms with Gasteiger partial charge in [0.15, 0.2) is 11.6 Å². The number of nitrogens with one attached hydrogen (secondary N) is 1. The van der Waals surface area contributed by atoms with Crippen LogP contribution in [0.25, 0.3) is 0 Å². The molecule has 0 fully saturated rings. The summed E-state index contributed by atoms with van der Waals surface area (Å²) in [6, 6.07) is 1.92. The van der Waals surface area contributed by atoms with Gasteiger partial charge in [-0.2, -0.15) is 0 Å². The molecule has 2 aromatic heterocycles. The first-order chi connectivity index (χ1) is 8.58. The zero-order valence-corrected chi connectivity index (χ0v) is 10.7. The normalized spacial score (nSPS) is 10.9. The standard InChI is InChI=1S/C12H16N4O2/c1-8(2)16-5-4-13-11(12(16)17)14-7-10-6-9(3)15-18-10/h4-6,8H,7H2,1-3H3,(H,13,14). The maximum atomic E-state index is 12.0. The van der Waals surface area contributed by atoms with Crippen molar-refractivity contribution in [2.24, 2.45) is 0 Å². The Morgan fingerprint density at radius 2 is 2.28 bits per heavy atom. The average Bonchev–Trinajstić information content (AvgIpc) is 2.73. The van der Waals surface area contributed by atoms with Crippen LogP contribution in [0.2, 0.25) is 0 Å². The molecule has 2 rings (SSSR count). The Kier molecular flexibility index (Phi) is 3.45. The number of hydrogen-bond acceptors (Lipinski definition) is 5. The summed E-state index contributed by atoms with van der Waals surface area (Å²) in [5.41, 5.74) is 0.677. The van der Waals surface area contributed by atoms with Gasteiger partial charge in [0.25, 0.3) is 5.56 Å². The van der Waals surface area contributed by atoms with Gasteiger partial charge in [0.1, 0.15) is 0 Å². The molecule has 0 radical (unpaired) electrons. The Morgan fingerprint density at radius 1 is 1.50 bits per heavy atom. The summed E-state index contributed by atoms with van der Waals surface area (Å²) in [7, 11) is 0. The van der Waals surface area contributed by atoms with Crippen molar-refractivity contribution in [3.8, 4) is 0 Å². The minimum atomic E-state index is -0.135. The number of anilines is 1. The highest BCUT2D eigenvalue weighted by Gasteiger charge is 2.08. The van der Waals surface area contributed by atoms with Gasteiger partial charge in [-0.05, 0) is 20.8 Å². The minimum absolute atomic E-state index is 0.105. The second-order valence-corrected chi connectivity index (χ2v) is 4.37. The molecular formula is C12H16N4O2. The van der Waals surface area contributed by atoms with E-state index in [1.165, 1.54) is 0 Å². The Balaban J connectivity index is 2.15. The van der Waals surface area contributed by atoms with Crippen LogP contribution < -0.4 is 10.9 Å². The van der Waals surface area contributed by atoms with Crippen LogP contribution >= 0.6 is 0 Å². The van der Waals surface area contributed by atoms with Crippen LogP contribution in [0.15, 0.2) is 27.8 Å². The van der Waals surface area contributed by atoms with Crippen LogP contribution in [0.4, 0.5) is 5.82 Å². The SMILES string of the molecule is Cc1cc(CNc2nccn(C(C)C)c2=O)on1. The minimum Gasteiger partial charge on any atom is -0.359 e. The summed E-state index contributed by atoms with van der Waals surface area (Å²) >= 11 is 0. The summed E-state index contributed by atoms with van der Waals surface area (Å²) < 4.78 is 6.68. The molecule has 2 aromatic rings. The monoisotopic (exact) mass is 248 g/mol. The predicted molar refractivity (Wildman–Crippen MR) is 67.4 cm³/mol. The fraction of sp³-hybridized carbons (Fsp3) is 0.417. The lowest BCUT2D eigenvalue weighted by Gasteiger charge is -2.10. The van der Waals surface area contributed by atoms with Crippen molar-refractivity contribution >= 4 is 5.82 Å². The first-order valence-electron chi connectivity index (χ1n) is 5.81. The van der Waals surface area contributed by atoms with E-state index in [0.29, 0.717) is 18.1 Å². The van der Waals surface area contributed by atoms with Crippen LogP contribution in [0, 0.1) is 6.92 Å². The molecule has 0 spiro atoms. The van der Waals surface area contributed by atoms with E-state index in [-0.39, 0.29) is 11.6 Å². The molecule has 96 valence electrons. The van der Waals surface area contributed by atoms with Gasteiger partial charge in [0.05, 0.1) is 12.2 Å². The average molecular weight is 248 g/mol. The predicted octanol–water partition coefficient (Wildman–Crippen LogP) is 1.73. The lowest BCUT2D eigenvalue weighted by atomic mass is 10.3. The molecule has 18 heavy (non-hydrogen) atoms. The Morgan fingerprint density at radius 3 is 2.89 bits per heavy atom. The largest absolute Gasteiger partial charge is 0.359 e. The fourth-order valence-electron chi connectivity index (χ4n) is 1.62. The molecule has 6 heteroatoms. The molecule has 2 heterocycles. The lowest BCUT2D eigenvalue weighted by molar-refractivity contribution is 0.384. The maximum absolute atomic E-state index is 12.0.